The van der Waals surface area contributed by atoms with Gasteiger partial charge in [0.2, 0.25) is 5.90 Å². The number of carbonyl (C=O) groups is 1. The molecule has 0 saturated carbocycles. The van der Waals surface area contributed by atoms with Gasteiger partial charge >= 0.3 is 5.97 Å². The SMILES string of the molecule is CCOc1cc(/C=C2\N=C(c3ccc([N+](=O)[O-])cc3)OC2=O)cc(I)c1OC(C)CC. The van der Waals surface area contributed by atoms with Gasteiger partial charge in [-0.05, 0) is 78.8 Å². The van der Waals surface area contributed by atoms with Crippen molar-refractivity contribution in [3.8, 4) is 11.5 Å². The number of esters is 1. The molecule has 0 radical (unpaired) electrons. The Bertz CT molecular complexity index is 1060. The molecule has 1 aliphatic heterocycles. The number of halogens is 1. The monoisotopic (exact) mass is 536 g/mol. The van der Waals surface area contributed by atoms with E-state index in [0.717, 1.165) is 9.99 Å². The molecule has 0 fully saturated rings. The zero-order chi connectivity index (χ0) is 22.5. The number of hydrogen-bond donors (Lipinski definition) is 0. The summed E-state index contributed by atoms with van der Waals surface area (Å²) in [4.78, 5) is 26.9. The lowest BCUT2D eigenvalue weighted by molar-refractivity contribution is -0.384. The van der Waals surface area contributed by atoms with E-state index in [-0.39, 0.29) is 23.4 Å². The molecule has 0 saturated heterocycles. The Kier molecular flexibility index (Phi) is 7.26. The highest BCUT2D eigenvalue weighted by Gasteiger charge is 2.25. The van der Waals surface area contributed by atoms with Gasteiger partial charge in [-0.2, -0.15) is 0 Å². The summed E-state index contributed by atoms with van der Waals surface area (Å²) in [6, 6.07) is 9.32. The third-order valence-corrected chi connectivity index (χ3v) is 5.28. The Balaban J connectivity index is 1.92. The van der Waals surface area contributed by atoms with Crippen LogP contribution in [0.15, 0.2) is 47.1 Å². The Labute approximate surface area is 193 Å². The van der Waals surface area contributed by atoms with Crippen LogP contribution in [-0.4, -0.2) is 29.5 Å². The second-order valence-electron chi connectivity index (χ2n) is 6.74. The van der Waals surface area contributed by atoms with Crippen molar-refractivity contribution in [3.63, 3.8) is 0 Å². The van der Waals surface area contributed by atoms with Gasteiger partial charge in [-0.15, -0.1) is 0 Å². The molecular weight excluding hydrogens is 515 g/mol. The molecule has 9 heteroatoms. The molecule has 31 heavy (non-hydrogen) atoms. The van der Waals surface area contributed by atoms with E-state index in [2.05, 4.69) is 27.6 Å². The highest BCUT2D eigenvalue weighted by atomic mass is 127. The van der Waals surface area contributed by atoms with E-state index >= 15 is 0 Å². The number of nitro benzene ring substituents is 1. The fourth-order valence-corrected chi connectivity index (χ4v) is 3.50. The van der Waals surface area contributed by atoms with Gasteiger partial charge in [0.15, 0.2) is 17.2 Å². The minimum Gasteiger partial charge on any atom is -0.490 e. The fourth-order valence-electron chi connectivity index (χ4n) is 2.75. The maximum Gasteiger partial charge on any atom is 0.363 e. The van der Waals surface area contributed by atoms with Crippen LogP contribution in [0, 0.1) is 13.7 Å². The first-order valence-electron chi connectivity index (χ1n) is 9.72. The highest BCUT2D eigenvalue weighted by Crippen LogP contribution is 2.36. The quantitative estimate of drug-likeness (QED) is 0.153. The van der Waals surface area contributed by atoms with E-state index in [4.69, 9.17) is 14.2 Å². The van der Waals surface area contributed by atoms with Gasteiger partial charge in [-0.3, -0.25) is 10.1 Å². The molecule has 0 amide bonds. The van der Waals surface area contributed by atoms with Gasteiger partial charge in [-0.1, -0.05) is 6.92 Å². The van der Waals surface area contributed by atoms with Crippen LogP contribution < -0.4 is 9.47 Å². The van der Waals surface area contributed by atoms with Crippen LogP contribution >= 0.6 is 22.6 Å². The highest BCUT2D eigenvalue weighted by molar-refractivity contribution is 14.1. The number of aliphatic imine (C=N–C) groups is 1. The van der Waals surface area contributed by atoms with Gasteiger partial charge in [-0.25, -0.2) is 9.79 Å². The van der Waals surface area contributed by atoms with Crippen molar-refractivity contribution >= 4 is 46.2 Å². The predicted octanol–water partition coefficient (Wildman–Crippen LogP) is 5.12. The predicted molar refractivity (Wildman–Crippen MR) is 124 cm³/mol. The maximum atomic E-state index is 12.3. The molecule has 1 heterocycles. The van der Waals surface area contributed by atoms with Gasteiger partial charge in [0.05, 0.1) is 21.2 Å². The number of hydrogen-bond acceptors (Lipinski definition) is 7. The number of nitrogens with zero attached hydrogens (tertiary/aromatic N) is 2. The van der Waals surface area contributed by atoms with E-state index in [1.54, 1.807) is 12.1 Å². The Morgan fingerprint density at radius 2 is 1.97 bits per heavy atom. The van der Waals surface area contributed by atoms with E-state index in [1.807, 2.05) is 26.8 Å². The minimum atomic E-state index is -0.596. The van der Waals surface area contributed by atoms with Crippen LogP contribution in [0.1, 0.15) is 38.3 Å². The molecule has 0 aliphatic carbocycles. The summed E-state index contributed by atoms with van der Waals surface area (Å²) in [5, 5.41) is 10.8. The van der Waals surface area contributed by atoms with Crippen LogP contribution in [-0.2, 0) is 9.53 Å². The lowest BCUT2D eigenvalue weighted by Gasteiger charge is -2.18. The lowest BCUT2D eigenvalue weighted by Crippen LogP contribution is -2.12. The summed E-state index contributed by atoms with van der Waals surface area (Å²) in [5.41, 5.74) is 1.26. The lowest BCUT2D eigenvalue weighted by atomic mass is 10.1. The first-order valence-corrected chi connectivity index (χ1v) is 10.8. The number of rotatable bonds is 8. The average Bonchev–Trinajstić information content (AvgIpc) is 3.10. The number of carbonyl (C=O) groups excluding carboxylic acids is 1. The van der Waals surface area contributed by atoms with Gasteiger partial charge in [0.1, 0.15) is 0 Å². The maximum absolute atomic E-state index is 12.3. The third-order valence-electron chi connectivity index (χ3n) is 4.47. The standard InChI is InChI=1S/C22H21IN2O6/c1-4-13(3)30-20-17(23)10-14(12-19(20)29-5-2)11-18-22(26)31-21(24-18)15-6-8-16(9-7-15)25(27)28/h6-13H,4-5H2,1-3H3/b18-11-. The summed E-state index contributed by atoms with van der Waals surface area (Å²) in [5.74, 6) is 0.763. The molecule has 162 valence electrons. The van der Waals surface area contributed by atoms with Gasteiger partial charge < -0.3 is 14.2 Å². The molecule has 3 rings (SSSR count). The third kappa shape index (κ3) is 5.40. The van der Waals surface area contributed by atoms with E-state index < -0.39 is 10.9 Å². The second-order valence-corrected chi connectivity index (χ2v) is 7.90. The zero-order valence-corrected chi connectivity index (χ0v) is 19.4. The molecule has 1 unspecified atom stereocenters. The van der Waals surface area contributed by atoms with Crippen molar-refractivity contribution in [2.45, 2.75) is 33.3 Å². The van der Waals surface area contributed by atoms with Crippen molar-refractivity contribution in [1.29, 1.82) is 0 Å². The molecule has 0 bridgehead atoms. The molecule has 0 aromatic heterocycles. The van der Waals surface area contributed by atoms with Crippen molar-refractivity contribution in [1.82, 2.24) is 0 Å². The van der Waals surface area contributed by atoms with Crippen LogP contribution in [0.4, 0.5) is 5.69 Å². The van der Waals surface area contributed by atoms with Crippen LogP contribution in [0.3, 0.4) is 0 Å². The summed E-state index contributed by atoms with van der Waals surface area (Å²) in [6.45, 7) is 6.39. The summed E-state index contributed by atoms with van der Waals surface area (Å²) < 4.78 is 17.9. The van der Waals surface area contributed by atoms with Gasteiger partial charge in [0, 0.05) is 17.7 Å². The van der Waals surface area contributed by atoms with E-state index in [0.29, 0.717) is 29.2 Å². The summed E-state index contributed by atoms with van der Waals surface area (Å²) in [7, 11) is 0. The average molecular weight is 536 g/mol. The van der Waals surface area contributed by atoms with Crippen molar-refractivity contribution < 1.29 is 23.9 Å². The summed E-state index contributed by atoms with van der Waals surface area (Å²) >= 11 is 2.17. The smallest absolute Gasteiger partial charge is 0.363 e. The normalized spacial score (nSPS) is 15.4. The molecule has 2 aromatic carbocycles. The second kappa shape index (κ2) is 9.90. The van der Waals surface area contributed by atoms with Crippen molar-refractivity contribution in [3.05, 3.63) is 66.9 Å². The topological polar surface area (TPSA) is 100 Å². The minimum absolute atomic E-state index is 0.0376. The Morgan fingerprint density at radius 1 is 1.26 bits per heavy atom. The molecular formula is C22H21IN2O6. The van der Waals surface area contributed by atoms with Crippen molar-refractivity contribution in [2.24, 2.45) is 4.99 Å². The Hall–Kier alpha value is -2.95. The van der Waals surface area contributed by atoms with E-state index in [9.17, 15) is 14.9 Å². The van der Waals surface area contributed by atoms with Crippen LogP contribution in [0.2, 0.25) is 0 Å². The molecule has 8 nitrogen and oxygen atoms in total. The molecule has 2 aromatic rings. The van der Waals surface area contributed by atoms with E-state index in [1.165, 1.54) is 24.3 Å². The number of ether oxygens (including phenoxy) is 3. The summed E-state index contributed by atoms with van der Waals surface area (Å²) in [6.07, 6.45) is 2.51. The van der Waals surface area contributed by atoms with Crippen LogP contribution in [0.5, 0.6) is 11.5 Å². The molecule has 1 aliphatic rings. The first-order chi connectivity index (χ1) is 14.8. The largest absolute Gasteiger partial charge is 0.490 e. The van der Waals surface area contributed by atoms with Gasteiger partial charge in [0.25, 0.3) is 5.69 Å². The first kappa shape index (κ1) is 22.7. The van der Waals surface area contributed by atoms with Crippen LogP contribution in [0.25, 0.3) is 6.08 Å². The molecule has 0 spiro atoms. The number of non-ortho nitro benzene ring substituents is 1. The fraction of sp³-hybridized carbons (Fsp3) is 0.273. The zero-order valence-electron chi connectivity index (χ0n) is 17.3. The van der Waals surface area contributed by atoms with Crippen molar-refractivity contribution in [2.75, 3.05) is 6.61 Å². The molecule has 0 N–H and O–H groups in total. The number of nitro groups is 1. The molecule has 1 atom stereocenters. The Morgan fingerprint density at radius 3 is 2.58 bits per heavy atom. The number of benzene rings is 2. The number of cyclic esters (lactones) is 1.